The molecule has 3 N–H and O–H groups in total. The van der Waals surface area contributed by atoms with Crippen LogP contribution in [0.15, 0.2) is 47.6 Å². The van der Waals surface area contributed by atoms with Gasteiger partial charge >= 0.3 is 5.69 Å². The number of phenolic OH excluding ortho intramolecular Hbond substituents is 1. The number of nitro benzene ring substituents is 1. The molecule has 1 fully saturated rings. The standard InChI is InChI=1S/C19H18N4O6/c1-29-15-8-11(7-14(17(15)24)23(27)28)9-21-22-19(26)16-13(10-20-18(16)25)12-5-3-2-4-6-12/h2-9,13,16,24H,10H2,1H3,(H,20,25)(H,22,26)/b21-9+/t13-,16+/m0/s1. The number of aromatic hydroxyl groups is 1. The van der Waals surface area contributed by atoms with Gasteiger partial charge in [0.05, 0.1) is 18.2 Å². The molecule has 2 amide bonds. The van der Waals surface area contributed by atoms with E-state index in [1.165, 1.54) is 13.2 Å². The second-order valence-electron chi connectivity index (χ2n) is 6.32. The molecule has 0 saturated carbocycles. The van der Waals surface area contributed by atoms with Crippen molar-refractivity contribution < 1.29 is 24.4 Å². The van der Waals surface area contributed by atoms with E-state index in [0.29, 0.717) is 6.54 Å². The summed E-state index contributed by atoms with van der Waals surface area (Å²) in [4.78, 5) is 34.9. The molecule has 2 aromatic rings. The second-order valence-corrected chi connectivity index (χ2v) is 6.32. The van der Waals surface area contributed by atoms with Crippen molar-refractivity contribution in [3.8, 4) is 11.5 Å². The Balaban J connectivity index is 1.76. The average Bonchev–Trinajstić information content (AvgIpc) is 3.10. The van der Waals surface area contributed by atoms with E-state index >= 15 is 0 Å². The van der Waals surface area contributed by atoms with Gasteiger partial charge in [-0.25, -0.2) is 5.43 Å². The molecule has 10 heteroatoms. The maximum absolute atomic E-state index is 12.5. The number of hydrogen-bond acceptors (Lipinski definition) is 7. The minimum absolute atomic E-state index is 0.105. The van der Waals surface area contributed by atoms with E-state index in [9.17, 15) is 24.8 Å². The van der Waals surface area contributed by atoms with E-state index in [1.54, 1.807) is 0 Å². The number of rotatable bonds is 6. The Labute approximate surface area is 165 Å². The van der Waals surface area contributed by atoms with Gasteiger partial charge in [-0.1, -0.05) is 30.3 Å². The number of phenols is 1. The highest BCUT2D eigenvalue weighted by Crippen LogP contribution is 2.36. The first kappa shape index (κ1) is 19.8. The predicted octanol–water partition coefficient (Wildman–Crippen LogP) is 1.29. The third-order valence-corrected chi connectivity index (χ3v) is 4.57. The van der Waals surface area contributed by atoms with Crippen LogP contribution in [0, 0.1) is 16.0 Å². The molecular weight excluding hydrogens is 380 g/mol. The number of nitrogens with zero attached hydrogens (tertiary/aromatic N) is 2. The lowest BCUT2D eigenvalue weighted by atomic mass is 9.88. The average molecular weight is 398 g/mol. The molecule has 1 aliphatic heterocycles. The lowest BCUT2D eigenvalue weighted by Crippen LogP contribution is -2.34. The molecule has 150 valence electrons. The van der Waals surface area contributed by atoms with Crippen LogP contribution in [0.5, 0.6) is 11.5 Å². The number of hydrazone groups is 1. The lowest BCUT2D eigenvalue weighted by molar-refractivity contribution is -0.386. The SMILES string of the molecule is COc1cc(/C=N/NC(=O)[C@H]2C(=O)NC[C@H]2c2ccccc2)cc([N+](=O)[O-])c1O. The largest absolute Gasteiger partial charge is 0.500 e. The van der Waals surface area contributed by atoms with E-state index in [2.05, 4.69) is 15.8 Å². The first-order valence-electron chi connectivity index (χ1n) is 8.63. The number of carbonyl (C=O) groups is 2. The number of ether oxygens (including phenoxy) is 1. The molecule has 1 aliphatic rings. The van der Waals surface area contributed by atoms with Crippen molar-refractivity contribution >= 4 is 23.7 Å². The fourth-order valence-corrected chi connectivity index (χ4v) is 3.16. The van der Waals surface area contributed by atoms with E-state index in [4.69, 9.17) is 4.74 Å². The van der Waals surface area contributed by atoms with Crippen LogP contribution in [0.25, 0.3) is 0 Å². The normalized spacial score (nSPS) is 18.4. The predicted molar refractivity (Wildman–Crippen MR) is 103 cm³/mol. The van der Waals surface area contributed by atoms with Gasteiger partial charge in [-0.05, 0) is 11.6 Å². The fraction of sp³-hybridized carbons (Fsp3) is 0.211. The summed E-state index contributed by atoms with van der Waals surface area (Å²) in [5.74, 6) is -2.97. The number of hydrogen-bond donors (Lipinski definition) is 3. The first-order chi connectivity index (χ1) is 13.9. The van der Waals surface area contributed by atoms with E-state index in [1.807, 2.05) is 30.3 Å². The maximum atomic E-state index is 12.5. The molecule has 0 radical (unpaired) electrons. The third-order valence-electron chi connectivity index (χ3n) is 4.57. The highest BCUT2D eigenvalue weighted by atomic mass is 16.6. The van der Waals surface area contributed by atoms with Crippen molar-refractivity contribution in [1.82, 2.24) is 10.7 Å². The van der Waals surface area contributed by atoms with Gasteiger partial charge in [0.15, 0.2) is 5.75 Å². The van der Waals surface area contributed by atoms with Crippen LogP contribution < -0.4 is 15.5 Å². The number of methoxy groups -OCH3 is 1. The summed E-state index contributed by atoms with van der Waals surface area (Å²) < 4.78 is 4.91. The Morgan fingerprint density at radius 3 is 2.76 bits per heavy atom. The van der Waals surface area contributed by atoms with Gasteiger partial charge in [-0.2, -0.15) is 5.10 Å². The van der Waals surface area contributed by atoms with Crippen LogP contribution in [-0.2, 0) is 9.59 Å². The minimum atomic E-state index is -0.946. The first-order valence-corrected chi connectivity index (χ1v) is 8.63. The molecule has 0 spiro atoms. The molecule has 0 aromatic heterocycles. The van der Waals surface area contributed by atoms with E-state index < -0.39 is 34.1 Å². The summed E-state index contributed by atoms with van der Waals surface area (Å²) in [5, 5.41) is 27.3. The van der Waals surface area contributed by atoms with Crippen molar-refractivity contribution in [3.63, 3.8) is 0 Å². The van der Waals surface area contributed by atoms with E-state index in [0.717, 1.165) is 17.8 Å². The number of amides is 2. The molecule has 29 heavy (non-hydrogen) atoms. The fourth-order valence-electron chi connectivity index (χ4n) is 3.16. The summed E-state index contributed by atoms with van der Waals surface area (Å²) in [6, 6.07) is 11.6. The molecule has 3 rings (SSSR count). The molecule has 1 saturated heterocycles. The summed E-state index contributed by atoms with van der Waals surface area (Å²) in [6.45, 7) is 0.339. The van der Waals surface area contributed by atoms with Gasteiger partial charge in [-0.3, -0.25) is 19.7 Å². The number of nitrogens with one attached hydrogen (secondary N) is 2. The van der Waals surface area contributed by atoms with Crippen molar-refractivity contribution in [2.45, 2.75) is 5.92 Å². The Morgan fingerprint density at radius 1 is 1.38 bits per heavy atom. The Hall–Kier alpha value is -3.95. The van der Waals surface area contributed by atoms with Crippen molar-refractivity contribution in [1.29, 1.82) is 0 Å². The molecule has 0 aliphatic carbocycles. The third kappa shape index (κ3) is 4.15. The number of carbonyl (C=O) groups excluding carboxylic acids is 2. The number of nitro groups is 1. The molecule has 2 atom stereocenters. The Kier molecular flexibility index (Phi) is 5.72. The quantitative estimate of drug-likeness (QED) is 0.290. The summed E-state index contributed by atoms with van der Waals surface area (Å²) in [6.07, 6.45) is 1.16. The molecule has 0 bridgehead atoms. The Bertz CT molecular complexity index is 976. The monoisotopic (exact) mass is 398 g/mol. The van der Waals surface area contributed by atoms with Crippen molar-refractivity contribution in [3.05, 3.63) is 63.7 Å². The zero-order chi connectivity index (χ0) is 21.0. The molecular formula is C19H18N4O6. The Morgan fingerprint density at radius 2 is 2.10 bits per heavy atom. The van der Waals surface area contributed by atoms with Gasteiger partial charge in [0, 0.05) is 24.1 Å². The molecule has 2 aromatic carbocycles. The molecule has 10 nitrogen and oxygen atoms in total. The van der Waals surface area contributed by atoms with Crippen LogP contribution in [0.2, 0.25) is 0 Å². The van der Waals surface area contributed by atoms with Crippen LogP contribution >= 0.6 is 0 Å². The van der Waals surface area contributed by atoms with Gasteiger partial charge in [0.2, 0.25) is 11.7 Å². The number of benzene rings is 2. The van der Waals surface area contributed by atoms with Crippen LogP contribution in [-0.4, -0.2) is 41.7 Å². The van der Waals surface area contributed by atoms with E-state index in [-0.39, 0.29) is 17.2 Å². The summed E-state index contributed by atoms with van der Waals surface area (Å²) in [5.41, 5.74) is 2.82. The zero-order valence-corrected chi connectivity index (χ0v) is 15.4. The second kappa shape index (κ2) is 8.38. The molecule has 1 heterocycles. The smallest absolute Gasteiger partial charge is 0.315 e. The lowest BCUT2D eigenvalue weighted by Gasteiger charge is -2.15. The summed E-state index contributed by atoms with van der Waals surface area (Å²) in [7, 11) is 1.25. The molecule has 0 unspecified atom stereocenters. The topological polar surface area (TPSA) is 143 Å². The van der Waals surface area contributed by atoms with Crippen LogP contribution in [0.3, 0.4) is 0 Å². The zero-order valence-electron chi connectivity index (χ0n) is 15.4. The van der Waals surface area contributed by atoms with Gasteiger partial charge in [-0.15, -0.1) is 0 Å². The summed E-state index contributed by atoms with van der Waals surface area (Å²) >= 11 is 0. The highest BCUT2D eigenvalue weighted by molar-refractivity contribution is 6.03. The van der Waals surface area contributed by atoms with Crippen molar-refractivity contribution in [2.24, 2.45) is 11.0 Å². The van der Waals surface area contributed by atoms with Gasteiger partial charge < -0.3 is 15.2 Å². The highest BCUT2D eigenvalue weighted by Gasteiger charge is 2.40. The minimum Gasteiger partial charge on any atom is -0.500 e. The van der Waals surface area contributed by atoms with Crippen molar-refractivity contribution in [2.75, 3.05) is 13.7 Å². The maximum Gasteiger partial charge on any atom is 0.315 e. The van der Waals surface area contributed by atoms with Crippen LogP contribution in [0.1, 0.15) is 17.0 Å². The van der Waals surface area contributed by atoms with Gasteiger partial charge in [0.25, 0.3) is 5.91 Å². The van der Waals surface area contributed by atoms with Gasteiger partial charge in [0.1, 0.15) is 5.92 Å². The van der Waals surface area contributed by atoms with Crippen LogP contribution in [0.4, 0.5) is 5.69 Å².